The predicted molar refractivity (Wildman–Crippen MR) is 118 cm³/mol. The first-order valence-electron chi connectivity index (χ1n) is 10.0. The molecule has 1 fully saturated rings. The van der Waals surface area contributed by atoms with E-state index in [1.807, 2.05) is 11.6 Å². The Kier molecular flexibility index (Phi) is 6.17. The molecule has 31 heavy (non-hydrogen) atoms. The molecule has 3 aromatic heterocycles. The minimum Gasteiger partial charge on any atom is -0.491 e. The van der Waals surface area contributed by atoms with Crippen LogP contribution in [0.4, 0.5) is 11.5 Å². The monoisotopic (exact) mass is 486 g/mol. The summed E-state index contributed by atoms with van der Waals surface area (Å²) in [6.07, 6.45) is 7.10. The summed E-state index contributed by atoms with van der Waals surface area (Å²) in [5.41, 5.74) is 2.47. The molecule has 1 aliphatic rings. The standard InChI is InChI=1S/C21H23BrN6O3/c1-4-31-21(29)14-9-23-8-7-15(14)25-19-16(30-3)10-24-20(26-19)17-12(2)18(22)28(27-17)11-13-5-6-13/h7-10,13H,4-6,11H2,1-3H3,(H,23,24,25,26). The summed E-state index contributed by atoms with van der Waals surface area (Å²) < 4.78 is 13.4. The molecule has 9 nitrogen and oxygen atoms in total. The van der Waals surface area contributed by atoms with Crippen LogP contribution in [0.1, 0.15) is 35.7 Å². The highest BCUT2D eigenvalue weighted by Gasteiger charge is 2.25. The summed E-state index contributed by atoms with van der Waals surface area (Å²) in [5, 5.41) is 7.89. The number of carbonyl (C=O) groups excluding carboxylic acids is 1. The Balaban J connectivity index is 1.69. The van der Waals surface area contributed by atoms with Crippen LogP contribution in [-0.2, 0) is 11.3 Å². The van der Waals surface area contributed by atoms with Gasteiger partial charge in [0.25, 0.3) is 0 Å². The van der Waals surface area contributed by atoms with E-state index in [1.165, 1.54) is 26.1 Å². The molecule has 1 saturated carbocycles. The van der Waals surface area contributed by atoms with Crippen LogP contribution in [-0.4, -0.2) is 44.4 Å². The van der Waals surface area contributed by atoms with Crippen molar-refractivity contribution in [2.24, 2.45) is 5.92 Å². The third-order valence-electron chi connectivity index (χ3n) is 5.00. The van der Waals surface area contributed by atoms with E-state index in [4.69, 9.17) is 14.6 Å². The van der Waals surface area contributed by atoms with Crippen LogP contribution in [0.5, 0.6) is 5.75 Å². The van der Waals surface area contributed by atoms with E-state index in [9.17, 15) is 4.79 Å². The summed E-state index contributed by atoms with van der Waals surface area (Å²) in [5.74, 6) is 1.53. The molecule has 0 atom stereocenters. The molecule has 0 spiro atoms. The van der Waals surface area contributed by atoms with Crippen molar-refractivity contribution in [1.82, 2.24) is 24.7 Å². The maximum Gasteiger partial charge on any atom is 0.341 e. The fourth-order valence-corrected chi connectivity index (χ4v) is 3.55. The zero-order valence-corrected chi connectivity index (χ0v) is 19.1. The third-order valence-corrected chi connectivity index (χ3v) is 6.00. The van der Waals surface area contributed by atoms with Crippen molar-refractivity contribution in [2.75, 3.05) is 19.0 Å². The molecule has 0 unspecified atom stereocenters. The highest BCUT2D eigenvalue weighted by molar-refractivity contribution is 9.10. The smallest absolute Gasteiger partial charge is 0.341 e. The first kappa shape index (κ1) is 21.2. The van der Waals surface area contributed by atoms with Crippen LogP contribution >= 0.6 is 15.9 Å². The Labute approximate surface area is 188 Å². The van der Waals surface area contributed by atoms with Gasteiger partial charge in [0.05, 0.1) is 25.6 Å². The van der Waals surface area contributed by atoms with Gasteiger partial charge in [-0.2, -0.15) is 5.10 Å². The first-order valence-corrected chi connectivity index (χ1v) is 10.8. The molecular formula is C21H23BrN6O3. The van der Waals surface area contributed by atoms with Crippen LogP contribution < -0.4 is 10.1 Å². The summed E-state index contributed by atoms with van der Waals surface area (Å²) >= 11 is 3.64. The lowest BCUT2D eigenvalue weighted by Gasteiger charge is -2.13. The first-order chi connectivity index (χ1) is 15.0. The van der Waals surface area contributed by atoms with Crippen LogP contribution in [0.2, 0.25) is 0 Å². The Hall–Kier alpha value is -3.01. The van der Waals surface area contributed by atoms with Crippen molar-refractivity contribution in [3.8, 4) is 17.3 Å². The van der Waals surface area contributed by atoms with Crippen molar-refractivity contribution in [2.45, 2.75) is 33.2 Å². The normalized spacial score (nSPS) is 13.2. The van der Waals surface area contributed by atoms with E-state index < -0.39 is 5.97 Å². The maximum atomic E-state index is 12.3. The molecule has 0 amide bonds. The number of halogens is 1. The predicted octanol–water partition coefficient (Wildman–Crippen LogP) is 4.14. The number of hydrogen-bond acceptors (Lipinski definition) is 8. The summed E-state index contributed by atoms with van der Waals surface area (Å²) in [6, 6.07) is 1.68. The van der Waals surface area contributed by atoms with Gasteiger partial charge in [-0.1, -0.05) is 0 Å². The van der Waals surface area contributed by atoms with Crippen molar-refractivity contribution in [3.63, 3.8) is 0 Å². The van der Waals surface area contributed by atoms with Gasteiger partial charge in [-0.3, -0.25) is 9.67 Å². The summed E-state index contributed by atoms with van der Waals surface area (Å²) in [4.78, 5) is 25.4. The number of hydrogen-bond donors (Lipinski definition) is 1. The molecule has 0 saturated heterocycles. The van der Waals surface area contributed by atoms with Gasteiger partial charge in [0.1, 0.15) is 15.9 Å². The minimum atomic E-state index is -0.468. The minimum absolute atomic E-state index is 0.270. The number of aromatic nitrogens is 5. The van der Waals surface area contributed by atoms with Gasteiger partial charge < -0.3 is 14.8 Å². The topological polar surface area (TPSA) is 104 Å². The molecule has 0 radical (unpaired) electrons. The zero-order chi connectivity index (χ0) is 22.0. The van der Waals surface area contributed by atoms with Gasteiger partial charge >= 0.3 is 5.97 Å². The number of nitrogens with zero attached hydrogens (tertiary/aromatic N) is 5. The van der Waals surface area contributed by atoms with E-state index in [1.54, 1.807) is 25.4 Å². The molecule has 1 N–H and O–H groups in total. The van der Waals surface area contributed by atoms with Crippen molar-refractivity contribution >= 4 is 33.4 Å². The molecule has 0 aromatic carbocycles. The van der Waals surface area contributed by atoms with Crippen LogP contribution in [0.3, 0.4) is 0 Å². The average Bonchev–Trinajstić information content (AvgIpc) is 3.55. The van der Waals surface area contributed by atoms with E-state index in [2.05, 4.69) is 36.2 Å². The molecule has 1 aliphatic carbocycles. The number of anilines is 2. The van der Waals surface area contributed by atoms with Gasteiger partial charge in [0.15, 0.2) is 17.4 Å². The van der Waals surface area contributed by atoms with E-state index in [0.717, 1.165) is 16.7 Å². The van der Waals surface area contributed by atoms with Gasteiger partial charge in [0.2, 0.25) is 0 Å². The molecule has 3 heterocycles. The second-order valence-electron chi connectivity index (χ2n) is 7.27. The molecule has 3 aromatic rings. The van der Waals surface area contributed by atoms with Gasteiger partial charge in [-0.05, 0) is 54.6 Å². The molecular weight excluding hydrogens is 464 g/mol. The number of carbonyl (C=O) groups is 1. The number of pyridine rings is 1. The fourth-order valence-electron chi connectivity index (χ4n) is 3.14. The number of esters is 1. The summed E-state index contributed by atoms with van der Waals surface area (Å²) in [6.45, 7) is 4.89. The number of methoxy groups -OCH3 is 1. The number of ether oxygens (including phenoxy) is 2. The Morgan fingerprint density at radius 3 is 2.87 bits per heavy atom. The van der Waals surface area contributed by atoms with Crippen molar-refractivity contribution in [1.29, 1.82) is 0 Å². The lowest BCUT2D eigenvalue weighted by atomic mass is 10.2. The zero-order valence-electron chi connectivity index (χ0n) is 17.6. The molecule has 0 aliphatic heterocycles. The van der Waals surface area contributed by atoms with Crippen molar-refractivity contribution < 1.29 is 14.3 Å². The van der Waals surface area contributed by atoms with Gasteiger partial charge in [-0.15, -0.1) is 0 Å². The molecule has 162 valence electrons. The highest BCUT2D eigenvalue weighted by atomic mass is 79.9. The lowest BCUT2D eigenvalue weighted by Crippen LogP contribution is -2.09. The third kappa shape index (κ3) is 4.53. The van der Waals surface area contributed by atoms with Gasteiger partial charge in [-0.25, -0.2) is 14.8 Å². The summed E-state index contributed by atoms with van der Waals surface area (Å²) in [7, 11) is 1.54. The van der Waals surface area contributed by atoms with E-state index in [0.29, 0.717) is 40.3 Å². The lowest BCUT2D eigenvalue weighted by molar-refractivity contribution is 0.0527. The maximum absolute atomic E-state index is 12.3. The SMILES string of the molecule is CCOC(=O)c1cnccc1Nc1nc(-c2nn(CC3CC3)c(Br)c2C)ncc1OC. The highest BCUT2D eigenvalue weighted by Crippen LogP contribution is 2.35. The van der Waals surface area contributed by atoms with Crippen LogP contribution in [0.15, 0.2) is 29.3 Å². The fraction of sp³-hybridized carbons (Fsp3) is 0.381. The Morgan fingerprint density at radius 2 is 2.16 bits per heavy atom. The van der Waals surface area contributed by atoms with Gasteiger partial charge in [0, 0.05) is 24.5 Å². The average molecular weight is 487 g/mol. The Morgan fingerprint density at radius 1 is 1.35 bits per heavy atom. The number of nitrogens with one attached hydrogen (secondary N) is 1. The van der Waals surface area contributed by atoms with E-state index in [-0.39, 0.29) is 6.61 Å². The number of rotatable bonds is 8. The molecule has 0 bridgehead atoms. The van der Waals surface area contributed by atoms with Crippen LogP contribution in [0, 0.1) is 12.8 Å². The molecule has 10 heteroatoms. The second-order valence-corrected chi connectivity index (χ2v) is 8.02. The molecule has 4 rings (SSSR count). The van der Waals surface area contributed by atoms with Crippen LogP contribution in [0.25, 0.3) is 11.5 Å². The quantitative estimate of drug-likeness (QED) is 0.473. The van der Waals surface area contributed by atoms with E-state index >= 15 is 0 Å². The Bertz CT molecular complexity index is 1110. The second kappa shape index (κ2) is 9.01. The van der Waals surface area contributed by atoms with Crippen molar-refractivity contribution in [3.05, 3.63) is 40.4 Å². The largest absolute Gasteiger partial charge is 0.491 e.